The van der Waals surface area contributed by atoms with Crippen LogP contribution in [0.15, 0.2) is 30.4 Å². The highest BCUT2D eigenvalue weighted by atomic mass is 16.6. The first-order valence-corrected chi connectivity index (χ1v) is 5.77. The lowest BCUT2D eigenvalue weighted by molar-refractivity contribution is -0.139. The second kappa shape index (κ2) is 6.58. The molecule has 0 amide bonds. The third-order valence-electron chi connectivity index (χ3n) is 2.34. The van der Waals surface area contributed by atoms with Crippen molar-refractivity contribution in [3.63, 3.8) is 0 Å². The largest absolute Gasteiger partial charge is 0.488 e. The van der Waals surface area contributed by atoms with Crippen molar-refractivity contribution >= 4 is 17.4 Å². The van der Waals surface area contributed by atoms with E-state index in [9.17, 15) is 9.59 Å². The van der Waals surface area contributed by atoms with Crippen molar-refractivity contribution in [1.29, 1.82) is 0 Å². The minimum Gasteiger partial charge on any atom is -0.488 e. The van der Waals surface area contributed by atoms with E-state index in [1.807, 2.05) is 0 Å². The first kappa shape index (κ1) is 14.8. The van der Waals surface area contributed by atoms with Crippen molar-refractivity contribution in [2.45, 2.75) is 13.8 Å². The second-order valence-corrected chi connectivity index (χ2v) is 4.07. The Kier molecular flexibility index (Phi) is 5.11. The first-order chi connectivity index (χ1) is 8.91. The van der Waals surface area contributed by atoms with Crippen LogP contribution in [-0.2, 0) is 9.53 Å². The molecule has 5 heteroatoms. The van der Waals surface area contributed by atoms with Crippen molar-refractivity contribution in [1.82, 2.24) is 0 Å². The van der Waals surface area contributed by atoms with Crippen LogP contribution >= 0.6 is 0 Å². The number of carbonyl (C=O) groups is 2. The molecule has 19 heavy (non-hydrogen) atoms. The molecule has 0 radical (unpaired) electrons. The van der Waals surface area contributed by atoms with Crippen LogP contribution < -0.4 is 10.5 Å². The van der Waals surface area contributed by atoms with E-state index in [4.69, 9.17) is 15.2 Å². The van der Waals surface area contributed by atoms with E-state index in [0.717, 1.165) is 0 Å². The van der Waals surface area contributed by atoms with Crippen LogP contribution in [0.25, 0.3) is 0 Å². The Bertz CT molecular complexity index is 508. The Morgan fingerprint density at radius 2 is 1.95 bits per heavy atom. The predicted octanol–water partition coefficient (Wildman–Crippen LogP) is 1.97. The van der Waals surface area contributed by atoms with E-state index in [-0.39, 0.29) is 19.0 Å². The number of esters is 1. The summed E-state index contributed by atoms with van der Waals surface area (Å²) < 4.78 is 10.2. The third kappa shape index (κ3) is 4.46. The number of benzene rings is 1. The number of nitrogen functional groups attached to an aromatic ring is 1. The Morgan fingerprint density at radius 1 is 1.26 bits per heavy atom. The molecule has 0 bridgehead atoms. The molecule has 0 fully saturated rings. The summed E-state index contributed by atoms with van der Waals surface area (Å²) in [5.74, 6) is -0.133. The number of ether oxygens (including phenoxy) is 2. The molecule has 102 valence electrons. The van der Waals surface area contributed by atoms with Crippen molar-refractivity contribution in [3.8, 4) is 5.75 Å². The lowest BCUT2D eigenvalue weighted by Gasteiger charge is -2.10. The van der Waals surface area contributed by atoms with Crippen LogP contribution in [0, 0.1) is 0 Å². The van der Waals surface area contributed by atoms with Crippen molar-refractivity contribution in [2.75, 3.05) is 18.9 Å². The standard InChI is InChI=1S/C14H17NO4/c1-9(2)14(17)19-7-6-18-13-8-11(10(3)16)4-5-12(13)15/h4-5,8H,1,6-7,15H2,2-3H3. The monoisotopic (exact) mass is 263 g/mol. The maximum atomic E-state index is 11.2. The van der Waals surface area contributed by atoms with Gasteiger partial charge in [0.25, 0.3) is 0 Å². The van der Waals surface area contributed by atoms with E-state index >= 15 is 0 Å². The van der Waals surface area contributed by atoms with Gasteiger partial charge in [0.1, 0.15) is 19.0 Å². The molecule has 0 aliphatic rings. The molecular weight excluding hydrogens is 246 g/mol. The van der Waals surface area contributed by atoms with Crippen LogP contribution in [0.2, 0.25) is 0 Å². The normalized spacial score (nSPS) is 9.79. The molecule has 0 aliphatic carbocycles. The van der Waals surface area contributed by atoms with Crippen LogP contribution in [-0.4, -0.2) is 25.0 Å². The average Bonchev–Trinajstić information content (AvgIpc) is 2.35. The third-order valence-corrected chi connectivity index (χ3v) is 2.34. The van der Waals surface area contributed by atoms with Gasteiger partial charge in [-0.1, -0.05) is 6.58 Å². The van der Waals surface area contributed by atoms with Gasteiger partial charge in [-0.05, 0) is 32.0 Å². The zero-order valence-corrected chi connectivity index (χ0v) is 11.1. The minimum absolute atomic E-state index is 0.0708. The molecule has 1 rings (SSSR count). The number of ketones is 1. The summed E-state index contributed by atoms with van der Waals surface area (Å²) in [5, 5.41) is 0. The van der Waals surface area contributed by atoms with Gasteiger partial charge in [0.15, 0.2) is 5.78 Å². The molecule has 0 saturated carbocycles. The van der Waals surface area contributed by atoms with Gasteiger partial charge in [-0.15, -0.1) is 0 Å². The molecule has 0 aliphatic heterocycles. The number of hydrogen-bond acceptors (Lipinski definition) is 5. The van der Waals surface area contributed by atoms with Crippen molar-refractivity contribution < 1.29 is 19.1 Å². The zero-order valence-electron chi connectivity index (χ0n) is 11.1. The average molecular weight is 263 g/mol. The summed E-state index contributed by atoms with van der Waals surface area (Å²) >= 11 is 0. The number of carbonyl (C=O) groups excluding carboxylic acids is 2. The molecule has 0 heterocycles. The molecule has 5 nitrogen and oxygen atoms in total. The van der Waals surface area contributed by atoms with E-state index in [1.54, 1.807) is 25.1 Å². The Morgan fingerprint density at radius 3 is 2.53 bits per heavy atom. The van der Waals surface area contributed by atoms with Gasteiger partial charge in [-0.25, -0.2) is 4.79 Å². The van der Waals surface area contributed by atoms with Gasteiger partial charge in [-0.2, -0.15) is 0 Å². The van der Waals surface area contributed by atoms with Gasteiger partial charge >= 0.3 is 5.97 Å². The van der Waals surface area contributed by atoms with E-state index in [1.165, 1.54) is 6.92 Å². The van der Waals surface area contributed by atoms with Gasteiger partial charge in [-0.3, -0.25) is 4.79 Å². The molecule has 0 saturated heterocycles. The molecule has 0 unspecified atom stereocenters. The van der Waals surface area contributed by atoms with Crippen LogP contribution in [0.1, 0.15) is 24.2 Å². The number of nitrogens with two attached hydrogens (primary N) is 1. The minimum atomic E-state index is -0.464. The maximum Gasteiger partial charge on any atom is 0.333 e. The van der Waals surface area contributed by atoms with Gasteiger partial charge in [0.05, 0.1) is 5.69 Å². The molecular formula is C14H17NO4. The quantitative estimate of drug-likeness (QED) is 0.279. The second-order valence-electron chi connectivity index (χ2n) is 4.07. The highest BCUT2D eigenvalue weighted by molar-refractivity contribution is 5.95. The molecule has 0 aromatic heterocycles. The highest BCUT2D eigenvalue weighted by Gasteiger charge is 2.07. The van der Waals surface area contributed by atoms with E-state index in [0.29, 0.717) is 22.6 Å². The fourth-order valence-corrected chi connectivity index (χ4v) is 1.29. The first-order valence-electron chi connectivity index (χ1n) is 5.77. The number of anilines is 1. The number of hydrogen-bond donors (Lipinski definition) is 1. The van der Waals surface area contributed by atoms with Gasteiger partial charge in [0, 0.05) is 11.1 Å². The summed E-state index contributed by atoms with van der Waals surface area (Å²) in [7, 11) is 0. The van der Waals surface area contributed by atoms with Crippen LogP contribution in [0.3, 0.4) is 0 Å². The molecule has 1 aromatic rings. The lowest BCUT2D eigenvalue weighted by Crippen LogP contribution is -2.13. The van der Waals surface area contributed by atoms with E-state index in [2.05, 4.69) is 6.58 Å². The SMILES string of the molecule is C=C(C)C(=O)OCCOc1cc(C(C)=O)ccc1N. The predicted molar refractivity (Wildman–Crippen MR) is 72.1 cm³/mol. The highest BCUT2D eigenvalue weighted by Crippen LogP contribution is 2.22. The lowest BCUT2D eigenvalue weighted by atomic mass is 10.1. The summed E-state index contributed by atoms with van der Waals surface area (Å²) in [6.45, 7) is 6.74. The maximum absolute atomic E-state index is 11.2. The Balaban J connectivity index is 2.53. The summed E-state index contributed by atoms with van der Waals surface area (Å²) in [6.07, 6.45) is 0. The van der Waals surface area contributed by atoms with Crippen molar-refractivity contribution in [2.24, 2.45) is 0 Å². The number of Topliss-reactive ketones (excluding diaryl/α,β-unsaturated/α-hetero) is 1. The summed E-state index contributed by atoms with van der Waals surface area (Å²) in [5.41, 5.74) is 7.00. The topological polar surface area (TPSA) is 78.6 Å². The zero-order chi connectivity index (χ0) is 14.4. The summed E-state index contributed by atoms with van der Waals surface area (Å²) in [4.78, 5) is 22.3. The van der Waals surface area contributed by atoms with Crippen LogP contribution in [0.4, 0.5) is 5.69 Å². The van der Waals surface area contributed by atoms with E-state index < -0.39 is 5.97 Å². The van der Waals surface area contributed by atoms with Crippen LogP contribution in [0.5, 0.6) is 5.75 Å². The Hall–Kier alpha value is -2.30. The van der Waals surface area contributed by atoms with Gasteiger partial charge < -0.3 is 15.2 Å². The van der Waals surface area contributed by atoms with Crippen molar-refractivity contribution in [3.05, 3.63) is 35.9 Å². The fourth-order valence-electron chi connectivity index (χ4n) is 1.29. The number of rotatable bonds is 6. The fraction of sp³-hybridized carbons (Fsp3) is 0.286. The molecule has 2 N–H and O–H groups in total. The molecule has 0 spiro atoms. The summed E-state index contributed by atoms with van der Waals surface area (Å²) in [6, 6.07) is 4.80. The van der Waals surface area contributed by atoms with Gasteiger partial charge in [0.2, 0.25) is 0 Å². The molecule has 0 atom stereocenters. The molecule has 1 aromatic carbocycles. The Labute approximate surface area is 112 Å². The smallest absolute Gasteiger partial charge is 0.333 e.